The third-order valence-corrected chi connectivity index (χ3v) is 3.67. The van der Waals surface area contributed by atoms with Crippen molar-refractivity contribution in [1.29, 1.82) is 0 Å². The molecule has 0 radical (unpaired) electrons. The molecule has 22 heavy (non-hydrogen) atoms. The third kappa shape index (κ3) is 3.88. The number of phenolic OH excluding ortho intramolecular Hbond substituents is 1. The quantitative estimate of drug-likeness (QED) is 0.629. The average molecular weight is 366 g/mol. The number of carbonyl (C=O) groups is 1. The molecule has 0 saturated heterocycles. The number of nitrogens with zero attached hydrogens (tertiary/aromatic N) is 2. The lowest BCUT2D eigenvalue weighted by molar-refractivity contribution is -0.120. The van der Waals surface area contributed by atoms with Gasteiger partial charge in [-0.3, -0.25) is 4.79 Å². The molecule has 6 nitrogen and oxygen atoms in total. The fourth-order valence-electron chi connectivity index (χ4n) is 1.89. The van der Waals surface area contributed by atoms with E-state index in [1.54, 1.807) is 12.1 Å². The highest BCUT2D eigenvalue weighted by atomic mass is 79.9. The summed E-state index contributed by atoms with van der Waals surface area (Å²) in [4.78, 5) is 11.8. The number of methoxy groups -OCH3 is 1. The number of hydrazone groups is 1. The number of aromatic hydroxyl groups is 1. The summed E-state index contributed by atoms with van der Waals surface area (Å²) in [6.07, 6.45) is 3.62. The Kier molecular flexibility index (Phi) is 5.21. The maximum Gasteiger partial charge on any atom is 0.245 e. The predicted octanol–water partition coefficient (Wildman–Crippen LogP) is 2.19. The van der Waals surface area contributed by atoms with Crippen LogP contribution in [0.3, 0.4) is 0 Å². The third-order valence-electron chi connectivity index (χ3n) is 3.07. The predicted molar refractivity (Wildman–Crippen MR) is 87.2 cm³/mol. The standard InChI is InChI=1S/C15H16BrN3O3/c1-19-5-3-4-11(19)8-14(20)18-17-9-10-6-12(16)15(21)13(7-10)22-2/h3-7,9,21H,8H2,1-2H3,(H,18,20)/b17-9+. The average Bonchev–Trinajstić information content (AvgIpc) is 2.87. The van der Waals surface area contributed by atoms with Crippen molar-refractivity contribution in [1.82, 2.24) is 9.99 Å². The normalized spacial score (nSPS) is 10.9. The summed E-state index contributed by atoms with van der Waals surface area (Å²) in [5, 5.41) is 13.6. The van der Waals surface area contributed by atoms with Gasteiger partial charge >= 0.3 is 0 Å². The molecule has 0 spiro atoms. The monoisotopic (exact) mass is 365 g/mol. The molecule has 0 aliphatic heterocycles. The molecule has 0 aliphatic rings. The molecule has 1 aromatic heterocycles. The Morgan fingerprint density at radius 3 is 2.95 bits per heavy atom. The molecule has 0 unspecified atom stereocenters. The van der Waals surface area contributed by atoms with Gasteiger partial charge in [0.15, 0.2) is 11.5 Å². The van der Waals surface area contributed by atoms with Gasteiger partial charge in [0.2, 0.25) is 5.91 Å². The number of aromatic nitrogens is 1. The number of amides is 1. The van der Waals surface area contributed by atoms with E-state index in [4.69, 9.17) is 4.74 Å². The van der Waals surface area contributed by atoms with E-state index in [0.29, 0.717) is 15.8 Å². The van der Waals surface area contributed by atoms with Crippen LogP contribution >= 0.6 is 15.9 Å². The Hall–Kier alpha value is -2.28. The van der Waals surface area contributed by atoms with Crippen molar-refractivity contribution in [3.8, 4) is 11.5 Å². The van der Waals surface area contributed by atoms with Crippen LogP contribution in [0.5, 0.6) is 11.5 Å². The van der Waals surface area contributed by atoms with Crippen LogP contribution in [-0.2, 0) is 18.3 Å². The van der Waals surface area contributed by atoms with E-state index in [1.807, 2.05) is 29.9 Å². The first kappa shape index (κ1) is 16.1. The van der Waals surface area contributed by atoms with Crippen LogP contribution in [0.4, 0.5) is 0 Å². The molecule has 0 aliphatic carbocycles. The molecule has 2 rings (SSSR count). The van der Waals surface area contributed by atoms with Crippen molar-refractivity contribution in [2.45, 2.75) is 6.42 Å². The summed E-state index contributed by atoms with van der Waals surface area (Å²) in [5.74, 6) is 0.140. The Morgan fingerprint density at radius 1 is 1.55 bits per heavy atom. The first-order valence-electron chi connectivity index (χ1n) is 6.50. The lowest BCUT2D eigenvalue weighted by Crippen LogP contribution is -2.20. The Labute approximate surface area is 136 Å². The first-order valence-corrected chi connectivity index (χ1v) is 7.29. The molecule has 1 amide bonds. The summed E-state index contributed by atoms with van der Waals surface area (Å²) < 4.78 is 7.41. The fraction of sp³-hybridized carbons (Fsp3) is 0.200. The molecular weight excluding hydrogens is 350 g/mol. The lowest BCUT2D eigenvalue weighted by Gasteiger charge is -2.06. The van der Waals surface area contributed by atoms with Crippen molar-refractivity contribution in [2.24, 2.45) is 12.1 Å². The second kappa shape index (κ2) is 7.13. The molecule has 7 heteroatoms. The second-order valence-electron chi connectivity index (χ2n) is 4.63. The summed E-state index contributed by atoms with van der Waals surface area (Å²) in [7, 11) is 3.34. The van der Waals surface area contributed by atoms with E-state index < -0.39 is 0 Å². The van der Waals surface area contributed by atoms with E-state index >= 15 is 0 Å². The van der Waals surface area contributed by atoms with E-state index in [0.717, 1.165) is 5.69 Å². The number of aryl methyl sites for hydroxylation is 1. The molecule has 0 fully saturated rings. The highest BCUT2D eigenvalue weighted by molar-refractivity contribution is 9.10. The highest BCUT2D eigenvalue weighted by Gasteiger charge is 2.08. The molecule has 2 N–H and O–H groups in total. The van der Waals surface area contributed by atoms with E-state index in [-0.39, 0.29) is 18.1 Å². The highest BCUT2D eigenvalue weighted by Crippen LogP contribution is 2.34. The van der Waals surface area contributed by atoms with Crippen LogP contribution in [0.1, 0.15) is 11.3 Å². The van der Waals surface area contributed by atoms with Gasteiger partial charge in [0.05, 0.1) is 24.2 Å². The van der Waals surface area contributed by atoms with Crippen molar-refractivity contribution in [2.75, 3.05) is 7.11 Å². The van der Waals surface area contributed by atoms with Gasteiger partial charge in [-0.1, -0.05) is 0 Å². The van der Waals surface area contributed by atoms with Crippen LogP contribution in [0, 0.1) is 0 Å². The first-order chi connectivity index (χ1) is 10.5. The molecule has 1 heterocycles. The van der Waals surface area contributed by atoms with E-state index in [9.17, 15) is 9.90 Å². The zero-order valence-corrected chi connectivity index (χ0v) is 13.8. The van der Waals surface area contributed by atoms with Gasteiger partial charge in [0.25, 0.3) is 0 Å². The van der Waals surface area contributed by atoms with Crippen LogP contribution in [-0.4, -0.2) is 28.9 Å². The zero-order valence-electron chi connectivity index (χ0n) is 12.2. The topological polar surface area (TPSA) is 75.8 Å². The van der Waals surface area contributed by atoms with Crippen LogP contribution in [0.15, 0.2) is 40.0 Å². The maximum atomic E-state index is 11.8. The van der Waals surface area contributed by atoms with Gasteiger partial charge < -0.3 is 14.4 Å². The van der Waals surface area contributed by atoms with Crippen molar-refractivity contribution in [3.63, 3.8) is 0 Å². The van der Waals surface area contributed by atoms with Gasteiger partial charge in [0.1, 0.15) is 0 Å². The number of nitrogens with one attached hydrogen (secondary N) is 1. The minimum absolute atomic E-state index is 0.0207. The molecule has 0 atom stereocenters. The smallest absolute Gasteiger partial charge is 0.245 e. The Bertz CT molecular complexity index is 710. The maximum absolute atomic E-state index is 11.8. The van der Waals surface area contributed by atoms with Gasteiger partial charge in [-0.15, -0.1) is 0 Å². The molecular formula is C15H16BrN3O3. The summed E-state index contributed by atoms with van der Waals surface area (Å²) in [6, 6.07) is 7.05. The SMILES string of the molecule is COc1cc(/C=N/NC(=O)Cc2cccn2C)cc(Br)c1O. The van der Waals surface area contributed by atoms with Gasteiger partial charge in [-0.05, 0) is 45.8 Å². The van der Waals surface area contributed by atoms with Crippen molar-refractivity contribution < 1.29 is 14.6 Å². The number of halogens is 1. The van der Waals surface area contributed by atoms with Gasteiger partial charge in [-0.2, -0.15) is 5.10 Å². The molecule has 0 saturated carbocycles. The number of benzene rings is 1. The molecule has 0 bridgehead atoms. The number of rotatable bonds is 5. The van der Waals surface area contributed by atoms with Gasteiger partial charge in [-0.25, -0.2) is 5.43 Å². The van der Waals surface area contributed by atoms with Crippen molar-refractivity contribution in [3.05, 3.63) is 46.2 Å². The zero-order chi connectivity index (χ0) is 16.1. The number of phenols is 1. The largest absolute Gasteiger partial charge is 0.503 e. The minimum atomic E-state index is -0.206. The summed E-state index contributed by atoms with van der Waals surface area (Å²) in [5.41, 5.74) is 4.05. The molecule has 116 valence electrons. The van der Waals surface area contributed by atoms with Gasteiger partial charge in [0, 0.05) is 18.9 Å². The number of hydrogen-bond acceptors (Lipinski definition) is 4. The van der Waals surface area contributed by atoms with Crippen LogP contribution in [0.2, 0.25) is 0 Å². The fourth-order valence-corrected chi connectivity index (χ4v) is 2.35. The van der Waals surface area contributed by atoms with E-state index in [1.165, 1.54) is 13.3 Å². The van der Waals surface area contributed by atoms with Crippen LogP contribution < -0.4 is 10.2 Å². The lowest BCUT2D eigenvalue weighted by atomic mass is 10.2. The Balaban J connectivity index is 1.99. The van der Waals surface area contributed by atoms with Crippen molar-refractivity contribution >= 4 is 28.1 Å². The number of hydrogen-bond donors (Lipinski definition) is 2. The number of ether oxygens (including phenoxy) is 1. The Morgan fingerprint density at radius 2 is 2.32 bits per heavy atom. The number of carbonyl (C=O) groups excluding carboxylic acids is 1. The van der Waals surface area contributed by atoms with Crippen LogP contribution in [0.25, 0.3) is 0 Å². The molecule has 1 aromatic carbocycles. The second-order valence-corrected chi connectivity index (χ2v) is 5.49. The molecule has 2 aromatic rings. The summed E-state index contributed by atoms with van der Waals surface area (Å²) in [6.45, 7) is 0. The van der Waals surface area contributed by atoms with E-state index in [2.05, 4.69) is 26.5 Å². The summed E-state index contributed by atoms with van der Waals surface area (Å²) >= 11 is 3.22. The minimum Gasteiger partial charge on any atom is -0.503 e.